The summed E-state index contributed by atoms with van der Waals surface area (Å²) in [6.07, 6.45) is 0. The maximum atomic E-state index is 6.36. The van der Waals surface area contributed by atoms with Gasteiger partial charge in [-0.15, -0.1) is 0 Å². The zero-order chi connectivity index (χ0) is 14.8. The molecule has 0 saturated carbocycles. The number of halogens is 2. The van der Waals surface area contributed by atoms with Crippen molar-refractivity contribution in [2.75, 3.05) is 46.3 Å². The van der Waals surface area contributed by atoms with Crippen LogP contribution < -0.4 is 10.9 Å². The molecule has 2 atom stereocenters. The van der Waals surface area contributed by atoms with Gasteiger partial charge in [-0.25, -0.2) is 5.43 Å². The Balaban J connectivity index is 1.67. The summed E-state index contributed by atoms with van der Waals surface area (Å²) >= 11 is 12.4. The summed E-state index contributed by atoms with van der Waals surface area (Å²) in [6, 6.07) is 6.02. The van der Waals surface area contributed by atoms with Gasteiger partial charge >= 0.3 is 0 Å². The van der Waals surface area contributed by atoms with Crippen molar-refractivity contribution in [1.82, 2.24) is 20.7 Å². The van der Waals surface area contributed by atoms with Gasteiger partial charge in [-0.05, 0) is 24.7 Å². The van der Waals surface area contributed by atoms with Crippen LogP contribution in [0.4, 0.5) is 0 Å². The Morgan fingerprint density at radius 2 is 1.95 bits per heavy atom. The minimum absolute atomic E-state index is 0.245. The van der Waals surface area contributed by atoms with Crippen LogP contribution >= 0.6 is 23.2 Å². The van der Waals surface area contributed by atoms with Gasteiger partial charge in [-0.1, -0.05) is 29.3 Å². The zero-order valence-electron chi connectivity index (χ0n) is 12.3. The van der Waals surface area contributed by atoms with Crippen molar-refractivity contribution < 1.29 is 0 Å². The lowest BCUT2D eigenvalue weighted by atomic mass is 9.94. The first-order valence-corrected chi connectivity index (χ1v) is 8.23. The van der Waals surface area contributed by atoms with Crippen molar-refractivity contribution in [1.29, 1.82) is 0 Å². The van der Waals surface area contributed by atoms with Crippen molar-refractivity contribution in [3.63, 3.8) is 0 Å². The lowest BCUT2D eigenvalue weighted by Crippen LogP contribution is -2.46. The summed E-state index contributed by atoms with van der Waals surface area (Å²) in [6.45, 7) is 6.66. The van der Waals surface area contributed by atoms with Crippen LogP contribution in [0.15, 0.2) is 18.2 Å². The van der Waals surface area contributed by atoms with E-state index in [4.69, 9.17) is 23.2 Å². The summed E-state index contributed by atoms with van der Waals surface area (Å²) in [5, 5.41) is 1.43. The molecule has 0 aliphatic carbocycles. The van der Waals surface area contributed by atoms with Crippen molar-refractivity contribution in [2.24, 2.45) is 5.92 Å². The molecule has 0 amide bonds. The van der Waals surface area contributed by atoms with E-state index < -0.39 is 0 Å². The third-order valence-electron chi connectivity index (χ3n) is 4.48. The summed E-state index contributed by atoms with van der Waals surface area (Å²) in [5.41, 5.74) is 7.78. The van der Waals surface area contributed by atoms with Gasteiger partial charge in [0.25, 0.3) is 0 Å². The molecule has 4 nitrogen and oxygen atoms in total. The number of benzene rings is 1. The summed E-state index contributed by atoms with van der Waals surface area (Å²) < 4.78 is 0. The number of hydrogen-bond acceptors (Lipinski definition) is 4. The molecule has 0 radical (unpaired) electrons. The van der Waals surface area contributed by atoms with E-state index in [1.165, 1.54) is 0 Å². The van der Waals surface area contributed by atoms with E-state index in [9.17, 15) is 0 Å². The Bertz CT molecular complexity index is 489. The van der Waals surface area contributed by atoms with Crippen LogP contribution in [0.1, 0.15) is 11.6 Å². The first kappa shape index (κ1) is 15.5. The Hall–Kier alpha value is -0.360. The highest BCUT2D eigenvalue weighted by Crippen LogP contribution is 2.32. The smallest absolute Gasteiger partial charge is 0.0530 e. The van der Waals surface area contributed by atoms with Gasteiger partial charge in [-0.2, -0.15) is 0 Å². The Labute approximate surface area is 136 Å². The molecular weight excluding hydrogens is 307 g/mol. The van der Waals surface area contributed by atoms with Crippen LogP contribution in [0.5, 0.6) is 0 Å². The summed E-state index contributed by atoms with van der Waals surface area (Å²) in [7, 11) is 2.19. The molecule has 1 aromatic carbocycles. The molecule has 2 fully saturated rings. The molecule has 116 valence electrons. The van der Waals surface area contributed by atoms with Gasteiger partial charge in [0.15, 0.2) is 0 Å². The van der Waals surface area contributed by atoms with Crippen molar-refractivity contribution in [3.8, 4) is 0 Å². The molecule has 2 aliphatic rings. The average molecular weight is 329 g/mol. The first-order chi connectivity index (χ1) is 10.1. The average Bonchev–Trinajstić information content (AvgIpc) is 2.89. The van der Waals surface area contributed by atoms with Crippen LogP contribution in [0.3, 0.4) is 0 Å². The highest BCUT2D eigenvalue weighted by Gasteiger charge is 2.31. The van der Waals surface area contributed by atoms with Gasteiger partial charge in [0, 0.05) is 55.2 Å². The molecule has 2 unspecified atom stereocenters. The topological polar surface area (TPSA) is 30.5 Å². The SMILES string of the molecule is CN1CCN(CC2CNNC2c2ccc(Cl)cc2Cl)CC1. The van der Waals surface area contributed by atoms with Crippen LogP contribution in [0.25, 0.3) is 0 Å². The lowest BCUT2D eigenvalue weighted by molar-refractivity contribution is 0.135. The molecule has 2 heterocycles. The molecule has 2 N–H and O–H groups in total. The van der Waals surface area contributed by atoms with E-state index in [1.807, 2.05) is 18.2 Å². The fourth-order valence-electron chi connectivity index (χ4n) is 3.15. The van der Waals surface area contributed by atoms with Gasteiger partial charge in [0.1, 0.15) is 0 Å². The van der Waals surface area contributed by atoms with Crippen molar-refractivity contribution in [2.45, 2.75) is 6.04 Å². The van der Waals surface area contributed by atoms with Gasteiger partial charge in [-0.3, -0.25) is 5.43 Å². The van der Waals surface area contributed by atoms with E-state index >= 15 is 0 Å². The normalized spacial score (nSPS) is 28.1. The Morgan fingerprint density at radius 1 is 1.19 bits per heavy atom. The molecule has 2 aliphatic heterocycles. The quantitative estimate of drug-likeness (QED) is 0.888. The summed E-state index contributed by atoms with van der Waals surface area (Å²) in [4.78, 5) is 4.94. The minimum Gasteiger partial charge on any atom is -0.304 e. The Kier molecular flexibility index (Phi) is 5.04. The van der Waals surface area contributed by atoms with Gasteiger partial charge in [0.05, 0.1) is 6.04 Å². The molecular formula is C15H22Cl2N4. The largest absolute Gasteiger partial charge is 0.304 e. The number of nitrogens with zero attached hydrogens (tertiary/aromatic N) is 2. The molecule has 0 bridgehead atoms. The summed E-state index contributed by atoms with van der Waals surface area (Å²) in [5.74, 6) is 0.520. The van der Waals surface area contributed by atoms with E-state index in [0.717, 1.165) is 49.9 Å². The van der Waals surface area contributed by atoms with E-state index in [1.54, 1.807) is 0 Å². The molecule has 1 aromatic rings. The molecule has 2 saturated heterocycles. The second-order valence-corrected chi connectivity index (χ2v) is 6.88. The molecule has 0 aromatic heterocycles. The molecule has 6 heteroatoms. The van der Waals surface area contributed by atoms with Gasteiger partial charge < -0.3 is 9.80 Å². The lowest BCUT2D eigenvalue weighted by Gasteiger charge is -2.34. The van der Waals surface area contributed by atoms with Crippen LogP contribution in [0, 0.1) is 5.92 Å². The first-order valence-electron chi connectivity index (χ1n) is 7.48. The standard InChI is InChI=1S/C15H22Cl2N4/c1-20-4-6-21(7-5-20)10-11-9-18-19-15(11)13-3-2-12(16)8-14(13)17/h2-3,8,11,15,18-19H,4-7,9-10H2,1H3. The van der Waals surface area contributed by atoms with E-state index in [0.29, 0.717) is 10.9 Å². The predicted molar refractivity (Wildman–Crippen MR) is 87.8 cm³/mol. The Morgan fingerprint density at radius 3 is 2.67 bits per heavy atom. The van der Waals surface area contributed by atoms with Crippen LogP contribution in [-0.2, 0) is 0 Å². The third-order valence-corrected chi connectivity index (χ3v) is 5.04. The number of hydrogen-bond donors (Lipinski definition) is 2. The van der Waals surface area contributed by atoms with E-state index in [-0.39, 0.29) is 6.04 Å². The molecule has 21 heavy (non-hydrogen) atoms. The fraction of sp³-hybridized carbons (Fsp3) is 0.600. The van der Waals surface area contributed by atoms with Crippen molar-refractivity contribution >= 4 is 23.2 Å². The minimum atomic E-state index is 0.245. The number of piperazine rings is 1. The number of likely N-dealkylation sites (N-methyl/N-ethyl adjacent to an activating group) is 1. The second-order valence-electron chi connectivity index (χ2n) is 6.03. The maximum absolute atomic E-state index is 6.36. The van der Waals surface area contributed by atoms with Crippen molar-refractivity contribution in [3.05, 3.63) is 33.8 Å². The van der Waals surface area contributed by atoms with Gasteiger partial charge in [0.2, 0.25) is 0 Å². The third kappa shape index (κ3) is 3.70. The zero-order valence-corrected chi connectivity index (χ0v) is 13.8. The molecule has 0 spiro atoms. The van der Waals surface area contributed by atoms with E-state index in [2.05, 4.69) is 27.7 Å². The van der Waals surface area contributed by atoms with Crippen LogP contribution in [0.2, 0.25) is 10.0 Å². The van der Waals surface area contributed by atoms with Crippen LogP contribution in [-0.4, -0.2) is 56.1 Å². The highest BCUT2D eigenvalue weighted by atomic mass is 35.5. The maximum Gasteiger partial charge on any atom is 0.0530 e. The second kappa shape index (κ2) is 6.82. The monoisotopic (exact) mass is 328 g/mol. The fourth-order valence-corrected chi connectivity index (χ4v) is 3.68. The number of nitrogens with one attached hydrogen (secondary N) is 2. The number of hydrazine groups is 1. The predicted octanol–water partition coefficient (Wildman–Crippen LogP) is 2.01. The highest BCUT2D eigenvalue weighted by molar-refractivity contribution is 6.35. The number of rotatable bonds is 3. The molecule has 3 rings (SSSR count).